The van der Waals surface area contributed by atoms with Gasteiger partial charge in [-0.3, -0.25) is 9.59 Å². The van der Waals surface area contributed by atoms with Gasteiger partial charge in [-0.2, -0.15) is 0 Å². The van der Waals surface area contributed by atoms with Crippen LogP contribution >= 0.6 is 12.4 Å². The summed E-state index contributed by atoms with van der Waals surface area (Å²) >= 11 is 0. The van der Waals surface area contributed by atoms with Gasteiger partial charge in [0, 0.05) is 25.4 Å². The number of amides is 1. The molecular weight excluding hydrogens is 278 g/mol. The summed E-state index contributed by atoms with van der Waals surface area (Å²) in [4.78, 5) is 23.8. The lowest BCUT2D eigenvalue weighted by Crippen LogP contribution is -2.41. The summed E-state index contributed by atoms with van der Waals surface area (Å²) in [5.41, 5.74) is 5.77. The van der Waals surface area contributed by atoms with Crippen molar-refractivity contribution in [2.24, 2.45) is 11.1 Å². The Kier molecular flexibility index (Phi) is 7.53. The van der Waals surface area contributed by atoms with Crippen LogP contribution in [0.25, 0.3) is 0 Å². The van der Waals surface area contributed by atoms with Gasteiger partial charge in [-0.05, 0) is 25.8 Å². The van der Waals surface area contributed by atoms with E-state index < -0.39 is 5.41 Å². The van der Waals surface area contributed by atoms with Gasteiger partial charge in [0.1, 0.15) is 0 Å². The second kappa shape index (κ2) is 8.07. The Balaban J connectivity index is 0.00000361. The number of pyridine rings is 1. The van der Waals surface area contributed by atoms with Gasteiger partial charge in [0.25, 0.3) is 5.56 Å². The number of carbonyl (C=O) groups is 1. The average Bonchev–Trinajstić information content (AvgIpc) is 2.43. The minimum absolute atomic E-state index is 0. The van der Waals surface area contributed by atoms with E-state index in [1.807, 2.05) is 20.8 Å². The van der Waals surface area contributed by atoms with Crippen LogP contribution in [0, 0.1) is 5.41 Å². The van der Waals surface area contributed by atoms with E-state index in [1.54, 1.807) is 16.8 Å². The van der Waals surface area contributed by atoms with E-state index in [4.69, 9.17) is 5.73 Å². The molecule has 0 radical (unpaired) electrons. The number of hydrogen-bond acceptors (Lipinski definition) is 3. The fourth-order valence-electron chi connectivity index (χ4n) is 2.07. The molecule has 0 aromatic carbocycles. The van der Waals surface area contributed by atoms with Crippen LogP contribution in [0.2, 0.25) is 0 Å². The molecule has 1 aromatic rings. The lowest BCUT2D eigenvalue weighted by atomic mass is 9.81. The molecule has 0 aliphatic heterocycles. The molecule has 6 heteroatoms. The molecule has 5 nitrogen and oxygen atoms in total. The summed E-state index contributed by atoms with van der Waals surface area (Å²) in [7, 11) is 0. The smallest absolute Gasteiger partial charge is 0.250 e. The first-order chi connectivity index (χ1) is 9.02. The highest BCUT2D eigenvalue weighted by Gasteiger charge is 2.33. The Morgan fingerprint density at radius 1 is 1.30 bits per heavy atom. The van der Waals surface area contributed by atoms with Crippen LogP contribution in [0.5, 0.6) is 0 Å². The van der Waals surface area contributed by atoms with E-state index in [1.165, 1.54) is 6.07 Å². The van der Waals surface area contributed by atoms with Crippen LogP contribution in [0.3, 0.4) is 0 Å². The van der Waals surface area contributed by atoms with Crippen molar-refractivity contribution in [1.29, 1.82) is 0 Å². The monoisotopic (exact) mass is 301 g/mol. The van der Waals surface area contributed by atoms with Crippen LogP contribution in [0.15, 0.2) is 23.1 Å². The molecule has 114 valence electrons. The minimum atomic E-state index is -0.535. The molecule has 3 N–H and O–H groups in total. The fourth-order valence-corrected chi connectivity index (χ4v) is 2.07. The van der Waals surface area contributed by atoms with Crippen molar-refractivity contribution >= 4 is 24.0 Å². The number of nitrogens with two attached hydrogens (primary N) is 1. The Morgan fingerprint density at radius 2 is 1.90 bits per heavy atom. The predicted molar refractivity (Wildman–Crippen MR) is 84.3 cm³/mol. The zero-order valence-corrected chi connectivity index (χ0v) is 13.1. The molecule has 20 heavy (non-hydrogen) atoms. The quantitative estimate of drug-likeness (QED) is 0.843. The second-order valence-electron chi connectivity index (χ2n) is 4.69. The normalized spacial score (nSPS) is 10.8. The van der Waals surface area contributed by atoms with Crippen LogP contribution in [0.4, 0.5) is 5.69 Å². The third kappa shape index (κ3) is 3.84. The van der Waals surface area contributed by atoms with Gasteiger partial charge in [-0.1, -0.05) is 13.8 Å². The molecule has 0 saturated carbocycles. The summed E-state index contributed by atoms with van der Waals surface area (Å²) in [6.45, 7) is 6.70. The number of carbonyl (C=O) groups excluding carboxylic acids is 1. The van der Waals surface area contributed by atoms with E-state index in [2.05, 4.69) is 5.32 Å². The largest absolute Gasteiger partial charge is 0.329 e. The lowest BCUT2D eigenvalue weighted by molar-refractivity contribution is -0.125. The average molecular weight is 302 g/mol. The highest BCUT2D eigenvalue weighted by Crippen LogP contribution is 2.26. The molecule has 0 spiro atoms. The van der Waals surface area contributed by atoms with Crippen molar-refractivity contribution in [1.82, 2.24) is 4.57 Å². The topological polar surface area (TPSA) is 77.1 Å². The first-order valence-corrected chi connectivity index (χ1v) is 6.75. The van der Waals surface area contributed by atoms with E-state index in [9.17, 15) is 9.59 Å². The van der Waals surface area contributed by atoms with E-state index in [-0.39, 0.29) is 23.9 Å². The van der Waals surface area contributed by atoms with Crippen molar-refractivity contribution in [3.8, 4) is 0 Å². The van der Waals surface area contributed by atoms with Crippen molar-refractivity contribution in [2.75, 3.05) is 11.9 Å². The van der Waals surface area contributed by atoms with E-state index >= 15 is 0 Å². The number of aromatic nitrogens is 1. The third-order valence-corrected chi connectivity index (χ3v) is 3.81. The van der Waals surface area contributed by atoms with E-state index in [0.717, 1.165) is 0 Å². The number of nitrogens with zero attached hydrogens (tertiary/aromatic N) is 1. The van der Waals surface area contributed by atoms with Crippen molar-refractivity contribution in [3.05, 3.63) is 28.7 Å². The highest BCUT2D eigenvalue weighted by molar-refractivity contribution is 5.95. The van der Waals surface area contributed by atoms with E-state index in [0.29, 0.717) is 31.6 Å². The number of halogens is 1. The molecule has 1 rings (SSSR count). The van der Waals surface area contributed by atoms with Crippen LogP contribution in [-0.4, -0.2) is 17.0 Å². The number of anilines is 1. The van der Waals surface area contributed by atoms with Crippen molar-refractivity contribution in [3.63, 3.8) is 0 Å². The first kappa shape index (κ1) is 18.7. The number of aryl methyl sites for hydroxylation is 1. The first-order valence-electron chi connectivity index (χ1n) is 6.75. The molecule has 0 aliphatic carbocycles. The number of rotatable bonds is 6. The summed E-state index contributed by atoms with van der Waals surface area (Å²) in [6.07, 6.45) is 3.05. The summed E-state index contributed by atoms with van der Waals surface area (Å²) < 4.78 is 1.55. The zero-order chi connectivity index (χ0) is 14.5. The maximum atomic E-state index is 12.3. The third-order valence-electron chi connectivity index (χ3n) is 3.81. The molecule has 1 aromatic heterocycles. The molecule has 1 amide bonds. The van der Waals surface area contributed by atoms with Gasteiger partial charge >= 0.3 is 0 Å². The number of nitrogens with one attached hydrogen (secondary N) is 1. The Bertz CT molecular complexity index is 487. The van der Waals surface area contributed by atoms with Crippen molar-refractivity contribution < 1.29 is 4.79 Å². The molecule has 0 aliphatic rings. The standard InChI is InChI=1S/C14H23N3O2.ClH/c1-4-14(5-2,10-15)13(19)16-11-7-8-12(18)17(6-3)9-11;/h7-9H,4-6,10,15H2,1-3H3,(H,16,19);1H. The molecule has 0 unspecified atom stereocenters. The fraction of sp³-hybridized carbons (Fsp3) is 0.571. The number of hydrogen-bond donors (Lipinski definition) is 2. The van der Waals surface area contributed by atoms with Crippen molar-refractivity contribution in [2.45, 2.75) is 40.2 Å². The van der Waals surface area contributed by atoms with Gasteiger partial charge < -0.3 is 15.6 Å². The van der Waals surface area contributed by atoms with Crippen LogP contribution in [0.1, 0.15) is 33.6 Å². The molecule has 1 heterocycles. The summed E-state index contributed by atoms with van der Waals surface area (Å²) in [5, 5.41) is 2.86. The lowest BCUT2D eigenvalue weighted by Gasteiger charge is -2.28. The molecule has 0 bridgehead atoms. The SMILES string of the molecule is CCn1cc(NC(=O)C(CC)(CC)CN)ccc1=O.Cl. The van der Waals surface area contributed by atoms with Gasteiger partial charge in [-0.25, -0.2) is 0 Å². The second-order valence-corrected chi connectivity index (χ2v) is 4.69. The highest BCUT2D eigenvalue weighted by atomic mass is 35.5. The summed E-state index contributed by atoms with van der Waals surface area (Å²) in [5.74, 6) is -0.0821. The minimum Gasteiger partial charge on any atom is -0.329 e. The molecular formula is C14H24ClN3O2. The zero-order valence-electron chi connectivity index (χ0n) is 12.3. The van der Waals surface area contributed by atoms with Crippen LogP contribution < -0.4 is 16.6 Å². The Morgan fingerprint density at radius 3 is 2.35 bits per heavy atom. The van der Waals surface area contributed by atoms with Gasteiger partial charge in [0.05, 0.1) is 11.1 Å². The Labute approximate surface area is 126 Å². The molecule has 0 saturated heterocycles. The maximum absolute atomic E-state index is 12.3. The molecule has 0 fully saturated rings. The van der Waals surface area contributed by atoms with Crippen LogP contribution in [-0.2, 0) is 11.3 Å². The maximum Gasteiger partial charge on any atom is 0.250 e. The van der Waals surface area contributed by atoms with Gasteiger partial charge in [-0.15, -0.1) is 12.4 Å². The predicted octanol–water partition coefficient (Wildman–Crippen LogP) is 1.99. The summed E-state index contributed by atoms with van der Waals surface area (Å²) in [6, 6.07) is 3.08. The molecule has 0 atom stereocenters. The Hall–Kier alpha value is -1.33. The van der Waals surface area contributed by atoms with Gasteiger partial charge in [0.2, 0.25) is 5.91 Å². The van der Waals surface area contributed by atoms with Gasteiger partial charge in [0.15, 0.2) is 0 Å².